The summed E-state index contributed by atoms with van der Waals surface area (Å²) in [6, 6.07) is 12.2. The van der Waals surface area contributed by atoms with Crippen LogP contribution in [0.1, 0.15) is 30.2 Å². The summed E-state index contributed by atoms with van der Waals surface area (Å²) in [7, 11) is 1.98. The molecule has 6 nitrogen and oxygen atoms in total. The Hall–Kier alpha value is -2.44. The summed E-state index contributed by atoms with van der Waals surface area (Å²) >= 11 is 0. The minimum absolute atomic E-state index is 0.121. The maximum atomic E-state index is 6.06. The van der Waals surface area contributed by atoms with Gasteiger partial charge in [-0.25, -0.2) is 4.68 Å². The Morgan fingerprint density at radius 2 is 2.08 bits per heavy atom. The van der Waals surface area contributed by atoms with Crippen molar-refractivity contribution in [2.45, 2.75) is 25.5 Å². The first-order valence-electron chi connectivity index (χ1n) is 9.20. The van der Waals surface area contributed by atoms with E-state index in [1.807, 2.05) is 47.0 Å². The third-order valence-corrected chi connectivity index (χ3v) is 4.99. The predicted octanol–water partition coefficient (Wildman–Crippen LogP) is 2.86. The van der Waals surface area contributed by atoms with Gasteiger partial charge >= 0.3 is 0 Å². The third kappa shape index (κ3) is 3.71. The molecule has 3 aromatic rings. The lowest BCUT2D eigenvalue weighted by Gasteiger charge is -2.32. The second-order valence-corrected chi connectivity index (χ2v) is 6.83. The fraction of sp³-hybridized carbons (Fsp3) is 0.400. The largest absolute Gasteiger partial charge is 0.372 e. The fourth-order valence-corrected chi connectivity index (χ4v) is 3.62. The Bertz CT molecular complexity index is 826. The minimum Gasteiger partial charge on any atom is -0.372 e. The molecule has 2 atom stereocenters. The number of hydrogen-bond acceptors (Lipinski definition) is 4. The van der Waals surface area contributed by atoms with E-state index in [1.54, 1.807) is 0 Å². The number of nitrogens with zero attached hydrogens (tertiary/aromatic N) is 4. The Morgan fingerprint density at radius 1 is 1.19 bits per heavy atom. The van der Waals surface area contributed by atoms with Crippen LogP contribution in [0.3, 0.4) is 0 Å². The van der Waals surface area contributed by atoms with Gasteiger partial charge in [-0.2, -0.15) is 10.2 Å². The van der Waals surface area contributed by atoms with E-state index in [4.69, 9.17) is 4.74 Å². The van der Waals surface area contributed by atoms with E-state index in [9.17, 15) is 0 Å². The first kappa shape index (κ1) is 17.0. The first-order valence-corrected chi connectivity index (χ1v) is 9.20. The van der Waals surface area contributed by atoms with E-state index in [0.29, 0.717) is 5.92 Å². The number of benzene rings is 1. The van der Waals surface area contributed by atoms with E-state index < -0.39 is 0 Å². The predicted molar refractivity (Wildman–Crippen MR) is 99.9 cm³/mol. The quantitative estimate of drug-likeness (QED) is 0.742. The zero-order chi connectivity index (χ0) is 17.8. The molecule has 1 aromatic carbocycles. The number of aryl methyl sites for hydroxylation is 1. The van der Waals surface area contributed by atoms with Gasteiger partial charge in [-0.15, -0.1) is 0 Å². The number of para-hydroxylation sites is 1. The second-order valence-electron chi connectivity index (χ2n) is 6.83. The van der Waals surface area contributed by atoms with Crippen LogP contribution in [0.25, 0.3) is 5.69 Å². The SMILES string of the molecule is Cn1nccc1[C@@H]1OCCC[C@H]1CNCc1cnn(-c2ccccc2)c1. The van der Waals surface area contributed by atoms with Gasteiger partial charge in [0.15, 0.2) is 0 Å². The second kappa shape index (κ2) is 7.85. The van der Waals surface area contributed by atoms with Gasteiger partial charge < -0.3 is 10.1 Å². The molecule has 0 spiro atoms. The van der Waals surface area contributed by atoms with E-state index >= 15 is 0 Å². The molecule has 0 amide bonds. The monoisotopic (exact) mass is 351 g/mol. The Labute approximate surface area is 153 Å². The van der Waals surface area contributed by atoms with Crippen LogP contribution in [-0.4, -0.2) is 32.7 Å². The standard InChI is InChI=1S/C20H25N5O/c1-24-19(9-10-22-24)20-17(6-5-11-26-20)14-21-12-16-13-23-25(15-16)18-7-3-2-4-8-18/h2-4,7-10,13,15,17,20-21H,5-6,11-12,14H2,1H3/t17-,20+/m0/s1. The molecule has 1 saturated heterocycles. The highest BCUT2D eigenvalue weighted by atomic mass is 16.5. The molecule has 1 N–H and O–H groups in total. The van der Waals surface area contributed by atoms with Crippen LogP contribution in [0.15, 0.2) is 55.0 Å². The van der Waals surface area contributed by atoms with Crippen molar-refractivity contribution in [3.05, 3.63) is 66.2 Å². The molecular weight excluding hydrogens is 326 g/mol. The molecule has 0 radical (unpaired) electrons. The summed E-state index contributed by atoms with van der Waals surface area (Å²) in [6.07, 6.45) is 8.26. The third-order valence-electron chi connectivity index (χ3n) is 4.99. The van der Waals surface area contributed by atoms with Crippen molar-refractivity contribution < 1.29 is 4.74 Å². The highest BCUT2D eigenvalue weighted by molar-refractivity contribution is 5.30. The summed E-state index contributed by atoms with van der Waals surface area (Å²) in [4.78, 5) is 0. The molecule has 0 saturated carbocycles. The molecule has 0 bridgehead atoms. The van der Waals surface area contributed by atoms with Gasteiger partial charge in [-0.05, 0) is 31.0 Å². The van der Waals surface area contributed by atoms with Gasteiger partial charge in [0.25, 0.3) is 0 Å². The molecule has 1 fully saturated rings. The van der Waals surface area contributed by atoms with Crippen LogP contribution in [0.4, 0.5) is 0 Å². The molecule has 4 rings (SSSR count). The van der Waals surface area contributed by atoms with E-state index in [2.05, 4.69) is 39.9 Å². The van der Waals surface area contributed by atoms with Gasteiger partial charge in [0, 0.05) is 50.6 Å². The Balaban J connectivity index is 1.35. The number of aromatic nitrogens is 4. The first-order chi connectivity index (χ1) is 12.8. The summed E-state index contributed by atoms with van der Waals surface area (Å²) in [5.41, 5.74) is 3.42. The molecule has 0 aliphatic carbocycles. The summed E-state index contributed by atoms with van der Waals surface area (Å²) in [6.45, 7) is 2.56. The molecule has 1 aliphatic rings. The number of rotatable bonds is 6. The van der Waals surface area contributed by atoms with Gasteiger partial charge in [-0.1, -0.05) is 18.2 Å². The van der Waals surface area contributed by atoms with Crippen molar-refractivity contribution in [1.82, 2.24) is 24.9 Å². The van der Waals surface area contributed by atoms with E-state index in [-0.39, 0.29) is 6.10 Å². The topological polar surface area (TPSA) is 56.9 Å². The van der Waals surface area contributed by atoms with Crippen LogP contribution < -0.4 is 5.32 Å². The molecule has 3 heterocycles. The summed E-state index contributed by atoms with van der Waals surface area (Å²) in [5.74, 6) is 0.461. The average molecular weight is 351 g/mol. The van der Waals surface area contributed by atoms with Gasteiger partial charge in [0.05, 0.1) is 17.6 Å². The lowest BCUT2D eigenvalue weighted by molar-refractivity contribution is -0.0323. The van der Waals surface area contributed by atoms with E-state index in [1.165, 1.54) is 12.0 Å². The van der Waals surface area contributed by atoms with Crippen molar-refractivity contribution in [1.29, 1.82) is 0 Å². The smallest absolute Gasteiger partial charge is 0.103 e. The highest BCUT2D eigenvalue weighted by Gasteiger charge is 2.29. The summed E-state index contributed by atoms with van der Waals surface area (Å²) < 4.78 is 9.90. The van der Waals surface area contributed by atoms with Crippen LogP contribution in [-0.2, 0) is 18.3 Å². The van der Waals surface area contributed by atoms with Crippen molar-refractivity contribution >= 4 is 0 Å². The number of ether oxygens (including phenoxy) is 1. The molecule has 6 heteroatoms. The summed E-state index contributed by atoms with van der Waals surface area (Å²) in [5, 5.41) is 12.3. The van der Waals surface area contributed by atoms with Crippen molar-refractivity contribution in [2.75, 3.05) is 13.2 Å². The number of nitrogens with one attached hydrogen (secondary N) is 1. The van der Waals surface area contributed by atoms with E-state index in [0.717, 1.165) is 37.5 Å². The maximum absolute atomic E-state index is 6.06. The van der Waals surface area contributed by atoms with Gasteiger partial charge in [0.2, 0.25) is 0 Å². The van der Waals surface area contributed by atoms with Crippen LogP contribution >= 0.6 is 0 Å². The molecule has 0 unspecified atom stereocenters. The lowest BCUT2D eigenvalue weighted by Crippen LogP contribution is -2.32. The normalized spacial score (nSPS) is 20.3. The highest BCUT2D eigenvalue weighted by Crippen LogP contribution is 2.32. The van der Waals surface area contributed by atoms with Crippen LogP contribution in [0, 0.1) is 5.92 Å². The minimum atomic E-state index is 0.121. The van der Waals surface area contributed by atoms with Gasteiger partial charge in [-0.3, -0.25) is 4.68 Å². The van der Waals surface area contributed by atoms with Crippen molar-refractivity contribution in [3.8, 4) is 5.69 Å². The zero-order valence-electron chi connectivity index (χ0n) is 15.1. The average Bonchev–Trinajstić information content (AvgIpc) is 3.32. The molecule has 26 heavy (non-hydrogen) atoms. The van der Waals surface area contributed by atoms with Crippen molar-refractivity contribution in [3.63, 3.8) is 0 Å². The lowest BCUT2D eigenvalue weighted by atomic mass is 9.92. The Kier molecular flexibility index (Phi) is 5.13. The molecule has 2 aromatic heterocycles. The molecular formula is C20H25N5O. The van der Waals surface area contributed by atoms with Crippen molar-refractivity contribution in [2.24, 2.45) is 13.0 Å². The van der Waals surface area contributed by atoms with Crippen LogP contribution in [0.5, 0.6) is 0 Å². The Morgan fingerprint density at radius 3 is 2.88 bits per heavy atom. The molecule has 1 aliphatic heterocycles. The van der Waals surface area contributed by atoms with Crippen LogP contribution in [0.2, 0.25) is 0 Å². The number of hydrogen-bond donors (Lipinski definition) is 1. The van der Waals surface area contributed by atoms with Gasteiger partial charge in [0.1, 0.15) is 6.10 Å². The zero-order valence-corrected chi connectivity index (χ0v) is 15.1. The fourth-order valence-electron chi connectivity index (χ4n) is 3.62. The maximum Gasteiger partial charge on any atom is 0.103 e. The molecule has 136 valence electrons.